The number of carbonyl (C=O) groups is 1. The Bertz CT molecular complexity index is 1450. The first-order valence-corrected chi connectivity index (χ1v) is 30.4. The van der Waals surface area contributed by atoms with Crippen molar-refractivity contribution in [3.8, 4) is 0 Å². The van der Waals surface area contributed by atoms with E-state index in [4.69, 9.17) is 0 Å². The van der Waals surface area contributed by atoms with Gasteiger partial charge >= 0.3 is 0 Å². The lowest BCUT2D eigenvalue weighted by atomic mass is 10.0. The van der Waals surface area contributed by atoms with E-state index in [1.807, 2.05) is 6.08 Å². The first kappa shape index (κ1) is 68.5. The molecular weight excluding hydrogens is 879 g/mol. The average Bonchev–Trinajstić information content (AvgIpc) is 3.39. The molecule has 0 aromatic rings. The topological polar surface area (TPSA) is 69.6 Å². The monoisotopic (exact) mass is 994 g/mol. The number of amides is 1. The lowest BCUT2D eigenvalue weighted by Crippen LogP contribution is -2.45. The number of allylic oxidation sites excluding steroid dienone is 21. The van der Waals surface area contributed by atoms with Gasteiger partial charge in [-0.1, -0.05) is 295 Å². The Kier molecular flexibility index (Phi) is 58.8. The molecule has 3 N–H and O–H groups in total. The number of hydrogen-bond donors (Lipinski definition) is 3. The molecular formula is C68H115NO3. The molecule has 2 unspecified atom stereocenters. The minimum atomic E-state index is -0.889. The highest BCUT2D eigenvalue weighted by Crippen LogP contribution is 2.16. The van der Waals surface area contributed by atoms with Gasteiger partial charge in [0.1, 0.15) is 0 Å². The summed E-state index contributed by atoms with van der Waals surface area (Å²) < 4.78 is 0. The average molecular weight is 995 g/mol. The fourth-order valence-corrected chi connectivity index (χ4v) is 8.54. The van der Waals surface area contributed by atoms with E-state index >= 15 is 0 Å². The van der Waals surface area contributed by atoms with Crippen LogP contribution in [0.5, 0.6) is 0 Å². The molecule has 0 fully saturated rings. The molecule has 4 heteroatoms. The lowest BCUT2D eigenvalue weighted by Gasteiger charge is -2.19. The molecule has 4 nitrogen and oxygen atoms in total. The Morgan fingerprint density at radius 1 is 0.347 bits per heavy atom. The molecule has 0 heterocycles. The van der Waals surface area contributed by atoms with Crippen molar-refractivity contribution < 1.29 is 15.0 Å². The standard InChI is InChI=1S/C68H115NO3/c1-3-5-7-9-11-13-15-17-19-21-23-25-27-29-31-33-34-36-38-40-42-44-46-48-50-52-54-56-58-60-62-64-68(72)69-66(65-70)67(71)63-61-59-57-55-53-51-49-47-45-43-41-39-37-35-32-30-28-26-24-22-20-18-16-14-12-10-8-6-4-2/h5,7,11,13,17,19,23,25,29,31,34,36,40,42,46,48,52-55,61,63,66-67,70-71H,3-4,6,8-10,12,14-16,18,20-22,24,26-28,30,32-33,35,37-39,41,43-45,47,49-51,56-60,62,64-65H2,1-2H3,(H,69,72)/b7-5-,13-11-,19-17-,25-23-,31-29-,36-34-,42-40-,48-46-,54-52-,55-53+,63-61+. The van der Waals surface area contributed by atoms with Crippen molar-refractivity contribution in [2.24, 2.45) is 0 Å². The highest BCUT2D eigenvalue weighted by Gasteiger charge is 2.17. The Morgan fingerprint density at radius 2 is 0.625 bits per heavy atom. The van der Waals surface area contributed by atoms with E-state index in [0.717, 1.165) is 103 Å². The van der Waals surface area contributed by atoms with Crippen LogP contribution in [-0.2, 0) is 4.79 Å². The minimum absolute atomic E-state index is 0.109. The van der Waals surface area contributed by atoms with E-state index < -0.39 is 12.1 Å². The number of hydrogen-bond acceptors (Lipinski definition) is 3. The van der Waals surface area contributed by atoms with Gasteiger partial charge in [-0.25, -0.2) is 0 Å². The molecule has 2 atom stereocenters. The van der Waals surface area contributed by atoms with E-state index in [9.17, 15) is 15.0 Å². The maximum absolute atomic E-state index is 12.5. The fourth-order valence-electron chi connectivity index (χ4n) is 8.54. The van der Waals surface area contributed by atoms with Gasteiger partial charge in [0.05, 0.1) is 18.8 Å². The van der Waals surface area contributed by atoms with Crippen LogP contribution in [0.2, 0.25) is 0 Å². The van der Waals surface area contributed by atoms with Crippen molar-refractivity contribution >= 4 is 5.91 Å². The van der Waals surface area contributed by atoms with Gasteiger partial charge in [0.2, 0.25) is 5.91 Å². The molecule has 0 saturated carbocycles. The van der Waals surface area contributed by atoms with Crippen molar-refractivity contribution in [1.82, 2.24) is 5.32 Å². The summed E-state index contributed by atoms with van der Waals surface area (Å²) in [5.74, 6) is -0.109. The van der Waals surface area contributed by atoms with Crippen LogP contribution in [0.25, 0.3) is 0 Å². The van der Waals surface area contributed by atoms with E-state index in [1.165, 1.54) is 148 Å². The van der Waals surface area contributed by atoms with Gasteiger partial charge in [0, 0.05) is 6.42 Å². The molecule has 0 aliphatic carbocycles. The summed E-state index contributed by atoms with van der Waals surface area (Å²) in [5.41, 5.74) is 0. The smallest absolute Gasteiger partial charge is 0.220 e. The van der Waals surface area contributed by atoms with Crippen LogP contribution in [0.1, 0.15) is 271 Å². The number of aliphatic hydroxyl groups excluding tert-OH is 2. The second-order valence-electron chi connectivity index (χ2n) is 20.0. The second-order valence-corrected chi connectivity index (χ2v) is 20.0. The quantitative estimate of drug-likeness (QED) is 0.0420. The molecule has 72 heavy (non-hydrogen) atoms. The molecule has 0 bridgehead atoms. The fraction of sp³-hybridized carbons (Fsp3) is 0.662. The minimum Gasteiger partial charge on any atom is -0.394 e. The number of carbonyl (C=O) groups excluding carboxylic acids is 1. The summed E-state index contributed by atoms with van der Waals surface area (Å²) in [7, 11) is 0. The van der Waals surface area contributed by atoms with Gasteiger partial charge in [-0.05, 0) is 103 Å². The molecule has 1 amide bonds. The molecule has 0 rings (SSSR count). The van der Waals surface area contributed by atoms with Crippen molar-refractivity contribution in [2.75, 3.05) is 6.61 Å². The summed E-state index contributed by atoms with van der Waals surface area (Å²) in [5, 5.41) is 23.2. The molecule has 0 saturated heterocycles. The van der Waals surface area contributed by atoms with Gasteiger partial charge in [-0.15, -0.1) is 0 Å². The third-order valence-electron chi connectivity index (χ3n) is 13.1. The van der Waals surface area contributed by atoms with Crippen molar-refractivity contribution in [3.63, 3.8) is 0 Å². The van der Waals surface area contributed by atoms with Crippen molar-refractivity contribution in [1.29, 1.82) is 0 Å². The zero-order valence-corrected chi connectivity index (χ0v) is 47.2. The third kappa shape index (κ3) is 57.4. The predicted octanol–water partition coefficient (Wildman–Crippen LogP) is 20.6. The molecule has 0 spiro atoms. The van der Waals surface area contributed by atoms with Crippen molar-refractivity contribution in [3.05, 3.63) is 134 Å². The first-order valence-electron chi connectivity index (χ1n) is 30.4. The summed E-state index contributed by atoms with van der Waals surface area (Å²) in [4.78, 5) is 12.5. The molecule has 0 aliphatic rings. The zero-order valence-electron chi connectivity index (χ0n) is 47.2. The first-order chi connectivity index (χ1) is 35.7. The Balaban J connectivity index is 3.66. The normalized spacial score (nSPS) is 13.8. The van der Waals surface area contributed by atoms with Crippen LogP contribution >= 0.6 is 0 Å². The Morgan fingerprint density at radius 3 is 0.972 bits per heavy atom. The summed E-state index contributed by atoms with van der Waals surface area (Å²) in [6, 6.07) is -0.669. The highest BCUT2D eigenvalue weighted by molar-refractivity contribution is 5.76. The van der Waals surface area contributed by atoms with Gasteiger partial charge in [0.15, 0.2) is 0 Å². The number of aliphatic hydroxyl groups is 2. The predicted molar refractivity (Wildman–Crippen MR) is 322 cm³/mol. The maximum atomic E-state index is 12.5. The van der Waals surface area contributed by atoms with Gasteiger partial charge in [0.25, 0.3) is 0 Å². The lowest BCUT2D eigenvalue weighted by molar-refractivity contribution is -0.123. The van der Waals surface area contributed by atoms with Gasteiger partial charge in [-0.2, -0.15) is 0 Å². The molecule has 410 valence electrons. The largest absolute Gasteiger partial charge is 0.394 e. The second kappa shape index (κ2) is 61.8. The van der Waals surface area contributed by atoms with Crippen LogP contribution in [0, 0.1) is 0 Å². The van der Waals surface area contributed by atoms with E-state index in [0.29, 0.717) is 6.42 Å². The molecule has 0 aromatic carbocycles. The molecule has 0 radical (unpaired) electrons. The van der Waals surface area contributed by atoms with E-state index in [2.05, 4.69) is 141 Å². The number of nitrogens with one attached hydrogen (secondary N) is 1. The summed E-state index contributed by atoms with van der Waals surface area (Å²) in [6.45, 7) is 4.18. The van der Waals surface area contributed by atoms with Crippen LogP contribution in [0.3, 0.4) is 0 Å². The van der Waals surface area contributed by atoms with Crippen LogP contribution < -0.4 is 5.32 Å². The SMILES string of the molecule is CC/C=C\C/C=C\C/C=C\C/C=C\C/C=C\C/C=C\C/C=C\C/C=C\C/C=C\CCCCCC(=O)NC(CO)C(O)/C=C/CC/C=C/CCCCCCCCCCCCCCCCCCCCCCCCC. The summed E-state index contributed by atoms with van der Waals surface area (Å²) in [6.07, 6.45) is 96.3. The Hall–Kier alpha value is -3.47. The van der Waals surface area contributed by atoms with Gasteiger partial charge < -0.3 is 15.5 Å². The molecule has 0 aromatic heterocycles. The number of unbranched alkanes of at least 4 members (excludes halogenated alkanes) is 27. The zero-order chi connectivity index (χ0) is 52.0. The van der Waals surface area contributed by atoms with E-state index in [-0.39, 0.29) is 12.5 Å². The van der Waals surface area contributed by atoms with Crippen LogP contribution in [-0.4, -0.2) is 34.9 Å². The summed E-state index contributed by atoms with van der Waals surface area (Å²) >= 11 is 0. The number of rotatable bonds is 54. The third-order valence-corrected chi connectivity index (χ3v) is 13.1. The van der Waals surface area contributed by atoms with Crippen molar-refractivity contribution in [2.45, 2.75) is 283 Å². The van der Waals surface area contributed by atoms with Crippen LogP contribution in [0.4, 0.5) is 0 Å². The van der Waals surface area contributed by atoms with Gasteiger partial charge in [-0.3, -0.25) is 4.79 Å². The Labute approximate surface area is 447 Å². The maximum Gasteiger partial charge on any atom is 0.220 e. The molecule has 0 aliphatic heterocycles. The highest BCUT2D eigenvalue weighted by atomic mass is 16.3. The van der Waals surface area contributed by atoms with Crippen LogP contribution in [0.15, 0.2) is 134 Å². The van der Waals surface area contributed by atoms with E-state index in [1.54, 1.807) is 6.08 Å².